The molecule has 28 heavy (non-hydrogen) atoms. The van der Waals surface area contributed by atoms with Gasteiger partial charge in [0.2, 0.25) is 5.82 Å². The summed E-state index contributed by atoms with van der Waals surface area (Å²) in [4.78, 5) is 15.8. The first-order chi connectivity index (χ1) is 13.3. The highest BCUT2D eigenvalue weighted by atomic mass is 16.5. The minimum absolute atomic E-state index is 0.0323. The van der Waals surface area contributed by atoms with Crippen molar-refractivity contribution in [1.82, 2.24) is 15.3 Å². The number of aryl methyl sites for hydroxylation is 2. The van der Waals surface area contributed by atoms with Crippen LogP contribution in [0.1, 0.15) is 47.1 Å². The van der Waals surface area contributed by atoms with Gasteiger partial charge in [0.05, 0.1) is 5.56 Å². The molecule has 0 aliphatic rings. The predicted octanol–water partition coefficient (Wildman–Crippen LogP) is 2.19. The minimum Gasteiger partial charge on any atom is -0.508 e. The zero-order chi connectivity index (χ0) is 20.4. The van der Waals surface area contributed by atoms with E-state index in [1.165, 1.54) is 6.07 Å². The van der Waals surface area contributed by atoms with E-state index in [1.807, 2.05) is 13.8 Å². The lowest BCUT2D eigenvalue weighted by Gasteiger charge is -2.12. The van der Waals surface area contributed by atoms with Gasteiger partial charge in [-0.15, -0.1) is 0 Å². The van der Waals surface area contributed by atoms with E-state index in [1.54, 1.807) is 13.1 Å². The second kappa shape index (κ2) is 7.59. The van der Waals surface area contributed by atoms with Gasteiger partial charge in [0, 0.05) is 19.5 Å². The predicted molar refractivity (Wildman–Crippen MR) is 99.1 cm³/mol. The maximum atomic E-state index is 11.7. The molecule has 5 N–H and O–H groups in total. The van der Waals surface area contributed by atoms with Crippen molar-refractivity contribution in [2.75, 3.05) is 12.4 Å². The number of benzene rings is 1. The first kappa shape index (κ1) is 19.2. The van der Waals surface area contributed by atoms with Crippen molar-refractivity contribution in [2.24, 2.45) is 5.73 Å². The molecule has 2 aromatic heterocycles. The molecular formula is C18H21N5O5. The van der Waals surface area contributed by atoms with Gasteiger partial charge in [-0.3, -0.25) is 4.79 Å². The van der Waals surface area contributed by atoms with E-state index in [0.717, 1.165) is 5.56 Å². The topological polar surface area (TPSA) is 161 Å². The number of primary amides is 1. The third-order valence-corrected chi connectivity index (χ3v) is 4.33. The standard InChI is InChI=1S/C18H21N5O5/c1-8(2)10-6-9(11(24)7-12(10)25)4-5-13-14(15(16(19)26)22-27-13)17-21-18(20-3)28-23-17/h6-8,24-25H,4-5H2,1-3H3,(H2,19,26)(H,20,21,23). The molecule has 0 saturated heterocycles. The molecule has 0 unspecified atom stereocenters. The summed E-state index contributed by atoms with van der Waals surface area (Å²) < 4.78 is 10.3. The van der Waals surface area contributed by atoms with Crippen molar-refractivity contribution in [2.45, 2.75) is 32.6 Å². The quantitative estimate of drug-likeness (QED) is 0.476. The van der Waals surface area contributed by atoms with Gasteiger partial charge in [-0.05, 0) is 29.5 Å². The second-order valence-corrected chi connectivity index (χ2v) is 6.56. The number of anilines is 1. The van der Waals surface area contributed by atoms with Crippen molar-refractivity contribution in [3.8, 4) is 22.9 Å². The highest BCUT2D eigenvalue weighted by molar-refractivity contribution is 5.97. The Hall–Kier alpha value is -3.56. The van der Waals surface area contributed by atoms with Gasteiger partial charge in [0.25, 0.3) is 5.91 Å². The van der Waals surface area contributed by atoms with Crippen LogP contribution in [0.3, 0.4) is 0 Å². The lowest BCUT2D eigenvalue weighted by atomic mass is 9.96. The first-order valence-electron chi connectivity index (χ1n) is 8.66. The zero-order valence-electron chi connectivity index (χ0n) is 15.7. The summed E-state index contributed by atoms with van der Waals surface area (Å²) in [6.07, 6.45) is 0.651. The van der Waals surface area contributed by atoms with E-state index in [-0.39, 0.29) is 46.9 Å². The number of nitrogens with zero attached hydrogens (tertiary/aromatic N) is 3. The summed E-state index contributed by atoms with van der Waals surface area (Å²) in [5, 5.41) is 30.4. The normalized spacial score (nSPS) is 11.1. The second-order valence-electron chi connectivity index (χ2n) is 6.56. The summed E-state index contributed by atoms with van der Waals surface area (Å²) in [6.45, 7) is 3.89. The highest BCUT2D eigenvalue weighted by Crippen LogP contribution is 2.34. The van der Waals surface area contributed by atoms with Crippen molar-refractivity contribution in [3.63, 3.8) is 0 Å². The Morgan fingerprint density at radius 3 is 2.54 bits per heavy atom. The molecule has 0 saturated carbocycles. The van der Waals surface area contributed by atoms with Crippen LogP contribution in [0.15, 0.2) is 21.2 Å². The molecule has 3 rings (SSSR count). The van der Waals surface area contributed by atoms with E-state index >= 15 is 0 Å². The fourth-order valence-electron chi connectivity index (χ4n) is 2.87. The zero-order valence-corrected chi connectivity index (χ0v) is 15.7. The molecule has 0 fully saturated rings. The van der Waals surface area contributed by atoms with Crippen LogP contribution in [-0.4, -0.2) is 38.5 Å². The van der Waals surface area contributed by atoms with Crippen LogP contribution in [0.5, 0.6) is 11.5 Å². The SMILES string of the molecule is CNc1nc(-c2c(C(N)=O)noc2CCc2cc(C(C)C)c(O)cc2O)no1. The number of nitrogens with two attached hydrogens (primary N) is 1. The van der Waals surface area contributed by atoms with Gasteiger partial charge in [-0.2, -0.15) is 4.98 Å². The molecule has 0 bridgehead atoms. The average molecular weight is 387 g/mol. The maximum absolute atomic E-state index is 11.7. The lowest BCUT2D eigenvalue weighted by Crippen LogP contribution is -2.13. The van der Waals surface area contributed by atoms with Gasteiger partial charge in [-0.1, -0.05) is 24.2 Å². The Kier molecular flexibility index (Phi) is 5.21. The molecule has 2 heterocycles. The van der Waals surface area contributed by atoms with E-state index in [2.05, 4.69) is 20.6 Å². The fraction of sp³-hybridized carbons (Fsp3) is 0.333. The largest absolute Gasteiger partial charge is 0.508 e. The molecule has 1 aromatic carbocycles. The monoisotopic (exact) mass is 387 g/mol. The summed E-state index contributed by atoms with van der Waals surface area (Å²) in [6, 6.07) is 3.22. The van der Waals surface area contributed by atoms with Crippen molar-refractivity contribution < 1.29 is 24.1 Å². The van der Waals surface area contributed by atoms with Crippen molar-refractivity contribution >= 4 is 11.9 Å². The number of carbonyl (C=O) groups excluding carboxylic acids is 1. The van der Waals surface area contributed by atoms with Crippen molar-refractivity contribution in [3.05, 3.63) is 34.7 Å². The maximum Gasteiger partial charge on any atom is 0.321 e. The van der Waals surface area contributed by atoms with Crippen LogP contribution in [0.2, 0.25) is 0 Å². The van der Waals surface area contributed by atoms with Crippen LogP contribution in [0.25, 0.3) is 11.4 Å². The number of amides is 1. The number of phenols is 2. The van der Waals surface area contributed by atoms with E-state index in [0.29, 0.717) is 17.7 Å². The molecule has 148 valence electrons. The number of hydrogen-bond donors (Lipinski definition) is 4. The molecule has 10 nitrogen and oxygen atoms in total. The Bertz CT molecular complexity index is 1010. The number of aromatic hydroxyl groups is 2. The van der Waals surface area contributed by atoms with Crippen LogP contribution in [0, 0.1) is 0 Å². The molecule has 0 aliphatic heterocycles. The Morgan fingerprint density at radius 2 is 1.93 bits per heavy atom. The van der Waals surface area contributed by atoms with Gasteiger partial charge in [0.15, 0.2) is 5.69 Å². The van der Waals surface area contributed by atoms with Gasteiger partial charge >= 0.3 is 6.01 Å². The van der Waals surface area contributed by atoms with Gasteiger partial charge in [-0.25, -0.2) is 0 Å². The average Bonchev–Trinajstić information content (AvgIpc) is 3.26. The summed E-state index contributed by atoms with van der Waals surface area (Å²) in [5.74, 6) is -0.242. The molecule has 10 heteroatoms. The number of carbonyl (C=O) groups is 1. The van der Waals surface area contributed by atoms with Gasteiger partial charge < -0.3 is 30.3 Å². The molecule has 0 aliphatic carbocycles. The van der Waals surface area contributed by atoms with Gasteiger partial charge in [0.1, 0.15) is 17.3 Å². The molecule has 3 aromatic rings. The lowest BCUT2D eigenvalue weighted by molar-refractivity contribution is 0.0992. The third-order valence-electron chi connectivity index (χ3n) is 4.33. The Morgan fingerprint density at radius 1 is 1.18 bits per heavy atom. The third kappa shape index (κ3) is 3.61. The number of aromatic nitrogens is 3. The van der Waals surface area contributed by atoms with E-state index in [9.17, 15) is 15.0 Å². The van der Waals surface area contributed by atoms with E-state index < -0.39 is 5.91 Å². The number of hydrogen-bond acceptors (Lipinski definition) is 9. The smallest absolute Gasteiger partial charge is 0.321 e. The number of phenolic OH excluding ortho intramolecular Hbond substituents is 2. The number of nitrogens with one attached hydrogen (secondary N) is 1. The summed E-state index contributed by atoms with van der Waals surface area (Å²) in [7, 11) is 1.61. The fourth-order valence-corrected chi connectivity index (χ4v) is 2.87. The highest BCUT2D eigenvalue weighted by Gasteiger charge is 2.26. The van der Waals surface area contributed by atoms with Crippen LogP contribution in [-0.2, 0) is 12.8 Å². The minimum atomic E-state index is -0.782. The van der Waals surface area contributed by atoms with E-state index in [4.69, 9.17) is 14.8 Å². The summed E-state index contributed by atoms with van der Waals surface area (Å²) >= 11 is 0. The first-order valence-corrected chi connectivity index (χ1v) is 8.66. The van der Waals surface area contributed by atoms with Crippen LogP contribution in [0.4, 0.5) is 6.01 Å². The Balaban J connectivity index is 1.94. The van der Waals surface area contributed by atoms with Crippen LogP contribution < -0.4 is 11.1 Å². The molecule has 1 amide bonds. The van der Waals surface area contributed by atoms with Crippen LogP contribution >= 0.6 is 0 Å². The van der Waals surface area contributed by atoms with Crippen molar-refractivity contribution in [1.29, 1.82) is 0 Å². The summed E-state index contributed by atoms with van der Waals surface area (Å²) in [5.41, 5.74) is 6.87. The molecule has 0 atom stereocenters. The molecule has 0 spiro atoms. The number of rotatable bonds is 7. The molecular weight excluding hydrogens is 366 g/mol. The Labute approximate surface area is 160 Å². The molecule has 0 radical (unpaired) electrons.